The van der Waals surface area contributed by atoms with Gasteiger partial charge in [0, 0.05) is 34.9 Å². The fourth-order valence-corrected chi connectivity index (χ4v) is 3.17. The number of aromatic nitrogens is 4. The minimum absolute atomic E-state index is 0. The third-order valence-corrected chi connectivity index (χ3v) is 4.82. The Morgan fingerprint density at radius 1 is 1.14 bits per heavy atom. The summed E-state index contributed by atoms with van der Waals surface area (Å²) < 4.78 is 10.9. The number of fused-ring (bicyclic) bond motifs is 1. The number of hydrogen-bond donors (Lipinski definition) is 1. The number of pyridine rings is 2. The van der Waals surface area contributed by atoms with Crippen LogP contribution in [0, 0.1) is 6.92 Å². The van der Waals surface area contributed by atoms with E-state index in [4.69, 9.17) is 9.26 Å². The lowest BCUT2D eigenvalue weighted by molar-refractivity contribution is 0.415. The molecule has 0 atom stereocenters. The summed E-state index contributed by atoms with van der Waals surface area (Å²) in [5.74, 6) is 2.42. The van der Waals surface area contributed by atoms with E-state index in [-0.39, 0.29) is 12.4 Å². The largest absolute Gasteiger partial charge is 0.497 e. The van der Waals surface area contributed by atoms with Crippen molar-refractivity contribution in [2.75, 3.05) is 12.4 Å². The van der Waals surface area contributed by atoms with Crippen LogP contribution in [0.1, 0.15) is 30.3 Å². The van der Waals surface area contributed by atoms with Crippen molar-refractivity contribution in [3.63, 3.8) is 0 Å². The van der Waals surface area contributed by atoms with Crippen molar-refractivity contribution < 1.29 is 9.26 Å². The zero-order valence-corrected chi connectivity index (χ0v) is 16.9. The molecule has 0 spiro atoms. The highest BCUT2D eigenvalue weighted by atomic mass is 35.5. The molecule has 3 aromatic heterocycles. The second-order valence-electron chi connectivity index (χ2n) is 6.96. The van der Waals surface area contributed by atoms with Crippen LogP contribution >= 0.6 is 12.4 Å². The fourth-order valence-electron chi connectivity index (χ4n) is 3.17. The number of rotatable bonds is 5. The minimum atomic E-state index is 0. The van der Waals surface area contributed by atoms with Crippen molar-refractivity contribution >= 4 is 34.8 Å². The average Bonchev–Trinajstić information content (AvgIpc) is 3.45. The van der Waals surface area contributed by atoms with Crippen LogP contribution < -0.4 is 10.1 Å². The third kappa shape index (κ3) is 3.73. The van der Waals surface area contributed by atoms with Gasteiger partial charge in [-0.15, -0.1) is 12.4 Å². The molecule has 0 amide bonds. The Hall–Kier alpha value is -3.19. The van der Waals surface area contributed by atoms with Gasteiger partial charge < -0.3 is 14.6 Å². The summed E-state index contributed by atoms with van der Waals surface area (Å²) in [6.07, 6.45) is 3.97. The van der Waals surface area contributed by atoms with Gasteiger partial charge in [0.15, 0.2) is 11.5 Å². The molecule has 29 heavy (non-hydrogen) atoms. The van der Waals surface area contributed by atoms with Crippen molar-refractivity contribution in [3.05, 3.63) is 54.1 Å². The van der Waals surface area contributed by atoms with Crippen molar-refractivity contribution in [2.24, 2.45) is 0 Å². The lowest BCUT2D eigenvalue weighted by Gasteiger charge is -2.13. The normalized spacial score (nSPS) is 13.2. The van der Waals surface area contributed by atoms with E-state index >= 15 is 0 Å². The number of hydrogen-bond acceptors (Lipinski definition) is 7. The topological polar surface area (TPSA) is 86.0 Å². The summed E-state index contributed by atoms with van der Waals surface area (Å²) in [6.45, 7) is 1.95. The maximum absolute atomic E-state index is 5.56. The number of aryl methyl sites for hydroxylation is 1. The molecule has 0 unspecified atom stereocenters. The third-order valence-electron chi connectivity index (χ3n) is 4.82. The summed E-state index contributed by atoms with van der Waals surface area (Å²) in [5, 5.41) is 8.51. The molecule has 0 aliphatic heterocycles. The van der Waals surface area contributed by atoms with Crippen LogP contribution in [0.2, 0.25) is 0 Å². The van der Waals surface area contributed by atoms with Crippen LogP contribution in [0.5, 0.6) is 5.75 Å². The van der Waals surface area contributed by atoms with Crippen LogP contribution in [0.3, 0.4) is 0 Å². The molecular formula is C21H20ClN5O2. The van der Waals surface area contributed by atoms with Crippen LogP contribution in [-0.4, -0.2) is 27.2 Å². The number of ether oxygens (including phenoxy) is 1. The van der Waals surface area contributed by atoms with E-state index < -0.39 is 0 Å². The molecule has 7 nitrogen and oxygen atoms in total. The van der Waals surface area contributed by atoms with Gasteiger partial charge in [0.1, 0.15) is 5.75 Å². The molecular weight excluding hydrogens is 390 g/mol. The maximum atomic E-state index is 5.56. The van der Waals surface area contributed by atoms with Gasteiger partial charge in [0.2, 0.25) is 0 Å². The molecule has 1 saturated carbocycles. The van der Waals surface area contributed by atoms with Gasteiger partial charge in [0.25, 0.3) is 5.89 Å². The fraction of sp³-hybridized carbons (Fsp3) is 0.238. The van der Waals surface area contributed by atoms with Crippen molar-refractivity contribution in [2.45, 2.75) is 25.7 Å². The standard InChI is InChI=1S/C21H19N5O2.ClH/c1-12-6-9-16-18(24-14-4-3-5-15(10-14)27-2)17(11-22-20(16)23-12)21-25-19(26-28-21)13-7-8-13;/h3-6,9-11,13H,7-8H2,1-2H3,(H,22,23,24);1H. The summed E-state index contributed by atoms with van der Waals surface area (Å²) in [4.78, 5) is 13.7. The molecule has 148 valence electrons. The zero-order valence-electron chi connectivity index (χ0n) is 16.0. The molecule has 1 aromatic carbocycles. The van der Waals surface area contributed by atoms with Gasteiger partial charge >= 0.3 is 0 Å². The Balaban J connectivity index is 0.00000205. The SMILES string of the molecule is COc1cccc(Nc2c(-c3nc(C4CC4)no3)cnc3nc(C)ccc23)c1.Cl. The second-order valence-corrected chi connectivity index (χ2v) is 6.96. The first-order valence-electron chi connectivity index (χ1n) is 9.22. The zero-order chi connectivity index (χ0) is 19.1. The van der Waals surface area contributed by atoms with E-state index in [1.807, 2.05) is 43.3 Å². The molecule has 0 radical (unpaired) electrons. The summed E-state index contributed by atoms with van der Waals surface area (Å²) in [5.41, 5.74) is 4.04. The molecule has 1 fully saturated rings. The predicted molar refractivity (Wildman–Crippen MR) is 113 cm³/mol. The number of benzene rings is 1. The summed E-state index contributed by atoms with van der Waals surface area (Å²) in [7, 11) is 1.65. The van der Waals surface area contributed by atoms with E-state index in [9.17, 15) is 0 Å². The van der Waals surface area contributed by atoms with Gasteiger partial charge in [-0.25, -0.2) is 9.97 Å². The summed E-state index contributed by atoms with van der Waals surface area (Å²) >= 11 is 0. The van der Waals surface area contributed by atoms with Crippen molar-refractivity contribution in [3.8, 4) is 17.2 Å². The van der Waals surface area contributed by atoms with Gasteiger partial charge in [-0.1, -0.05) is 11.2 Å². The highest BCUT2D eigenvalue weighted by molar-refractivity contribution is 5.98. The Bertz CT molecular complexity index is 1170. The molecule has 0 saturated heterocycles. The Morgan fingerprint density at radius 3 is 2.79 bits per heavy atom. The molecule has 5 rings (SSSR count). The summed E-state index contributed by atoms with van der Waals surface area (Å²) in [6, 6.07) is 11.7. The predicted octanol–water partition coefficient (Wildman–Crippen LogP) is 5.04. The molecule has 1 N–H and O–H groups in total. The molecule has 0 bridgehead atoms. The molecule has 3 heterocycles. The minimum Gasteiger partial charge on any atom is -0.497 e. The van der Waals surface area contributed by atoms with Crippen LogP contribution in [-0.2, 0) is 0 Å². The second kappa shape index (κ2) is 7.67. The van der Waals surface area contributed by atoms with E-state index in [0.717, 1.165) is 52.4 Å². The van der Waals surface area contributed by atoms with Crippen LogP contribution in [0.25, 0.3) is 22.5 Å². The monoisotopic (exact) mass is 409 g/mol. The first-order valence-corrected chi connectivity index (χ1v) is 9.22. The van der Waals surface area contributed by atoms with E-state index in [1.165, 1.54) is 0 Å². The lowest BCUT2D eigenvalue weighted by atomic mass is 10.1. The van der Waals surface area contributed by atoms with Crippen LogP contribution in [0.15, 0.2) is 47.1 Å². The van der Waals surface area contributed by atoms with Gasteiger partial charge in [-0.05, 0) is 44.0 Å². The smallest absolute Gasteiger partial charge is 0.261 e. The molecule has 1 aliphatic carbocycles. The Morgan fingerprint density at radius 2 is 2.00 bits per heavy atom. The molecule has 4 aromatic rings. The Kier molecular flexibility index (Phi) is 5.07. The first kappa shape index (κ1) is 19.1. The highest BCUT2D eigenvalue weighted by Crippen LogP contribution is 2.40. The number of nitrogens with zero attached hydrogens (tertiary/aromatic N) is 4. The lowest BCUT2D eigenvalue weighted by Crippen LogP contribution is -1.99. The van der Waals surface area contributed by atoms with Crippen molar-refractivity contribution in [1.82, 2.24) is 20.1 Å². The molecule has 1 aliphatic rings. The average molecular weight is 410 g/mol. The van der Waals surface area contributed by atoms with Crippen molar-refractivity contribution in [1.29, 1.82) is 0 Å². The number of nitrogens with one attached hydrogen (secondary N) is 1. The van der Waals surface area contributed by atoms with Gasteiger partial charge in [0.05, 0.1) is 18.4 Å². The quantitative estimate of drug-likeness (QED) is 0.494. The van der Waals surface area contributed by atoms with E-state index in [0.29, 0.717) is 17.5 Å². The highest BCUT2D eigenvalue weighted by Gasteiger charge is 2.29. The maximum Gasteiger partial charge on any atom is 0.261 e. The first-order chi connectivity index (χ1) is 13.7. The van der Waals surface area contributed by atoms with Gasteiger partial charge in [-0.3, -0.25) is 0 Å². The number of anilines is 2. The van der Waals surface area contributed by atoms with Crippen LogP contribution in [0.4, 0.5) is 11.4 Å². The Labute approximate surface area is 173 Å². The number of methoxy groups -OCH3 is 1. The van der Waals surface area contributed by atoms with E-state index in [2.05, 4.69) is 25.4 Å². The van der Waals surface area contributed by atoms with E-state index in [1.54, 1.807) is 13.3 Å². The molecule has 8 heteroatoms. The van der Waals surface area contributed by atoms with Gasteiger partial charge in [-0.2, -0.15) is 4.98 Å². The number of halogens is 1.